The van der Waals surface area contributed by atoms with Crippen molar-refractivity contribution >= 4 is 49.7 Å². The number of nitrogens with one attached hydrogen (secondary N) is 2. The number of fused-ring (bicyclic) bond motifs is 9. The van der Waals surface area contributed by atoms with Gasteiger partial charge in [0.1, 0.15) is 40.5 Å². The molecule has 4 atom stereocenters. The van der Waals surface area contributed by atoms with Crippen LogP contribution in [-0.4, -0.2) is 12.0 Å². The van der Waals surface area contributed by atoms with Crippen LogP contribution in [0.3, 0.4) is 0 Å². The fourth-order valence-electron chi connectivity index (χ4n) is 9.84. The molecule has 0 amide bonds. The van der Waals surface area contributed by atoms with Gasteiger partial charge in [0.2, 0.25) is 0 Å². The highest BCUT2D eigenvalue weighted by atomic mass is 16.3. The van der Waals surface area contributed by atoms with Gasteiger partial charge in [-0.05, 0) is 82.1 Å². The molecule has 2 aromatic heterocycles. The van der Waals surface area contributed by atoms with Gasteiger partial charge in [-0.2, -0.15) is 0 Å². The molecule has 0 bridgehead atoms. The van der Waals surface area contributed by atoms with Gasteiger partial charge >= 0.3 is 0 Å². The Morgan fingerprint density at radius 3 is 2.10 bits per heavy atom. The number of amidine groups is 1. The Kier molecular flexibility index (Phi) is 7.63. The quantitative estimate of drug-likeness (QED) is 0.184. The molecule has 0 radical (unpaired) electrons. The van der Waals surface area contributed by atoms with E-state index in [2.05, 4.69) is 181 Å². The summed E-state index contributed by atoms with van der Waals surface area (Å²) in [5.41, 5.74) is 14.7. The molecule has 3 aliphatic rings. The number of furan rings is 2. The van der Waals surface area contributed by atoms with Crippen LogP contribution in [0.25, 0.3) is 66.1 Å². The monoisotopic (exact) mass is 749 g/mol. The fraction of sp³-hybridized carbons (Fsp3) is 0.113. The molecule has 5 nitrogen and oxygen atoms in total. The summed E-state index contributed by atoms with van der Waals surface area (Å²) >= 11 is 0. The Balaban J connectivity index is 1.01. The highest BCUT2D eigenvalue weighted by Gasteiger charge is 2.32. The topological polar surface area (TPSA) is 62.7 Å². The van der Waals surface area contributed by atoms with Crippen molar-refractivity contribution in [3.63, 3.8) is 0 Å². The Labute approximate surface area is 336 Å². The lowest BCUT2D eigenvalue weighted by molar-refractivity contribution is 0.340. The van der Waals surface area contributed by atoms with Crippen molar-refractivity contribution in [1.82, 2.24) is 10.6 Å². The van der Waals surface area contributed by atoms with Crippen molar-refractivity contribution in [2.45, 2.75) is 31.1 Å². The lowest BCUT2D eigenvalue weighted by Gasteiger charge is -2.35. The maximum absolute atomic E-state index is 6.70. The Morgan fingerprint density at radius 1 is 0.534 bits per heavy atom. The van der Waals surface area contributed by atoms with E-state index in [0.717, 1.165) is 79.4 Å². The normalized spacial score (nSPS) is 20.0. The third-order valence-corrected chi connectivity index (χ3v) is 12.5. The standard InChI is InChI=1S/C53H39N3O2/c1-3-14-32(15-4-1)51-54-52(33-16-5-2-6-17-33)56-53(55-51)41-24-13-25-45-48(41)43-31-35(28-29-44(43)57-45)37-22-11-26-46-49(37)50-40(23-12-27-47(50)58-46)42-30-34-18-7-8-19-36(34)38-20-9-10-21-39(38)42/h1-16,18-29,31,33,42,52-53,56H,17,30H2,(H,54,55). The summed E-state index contributed by atoms with van der Waals surface area (Å²) in [5.74, 6) is 1.32. The van der Waals surface area contributed by atoms with E-state index in [0.29, 0.717) is 0 Å². The van der Waals surface area contributed by atoms with Gasteiger partial charge in [0.25, 0.3) is 0 Å². The number of hydrogen-bond donors (Lipinski definition) is 2. The second-order valence-corrected chi connectivity index (χ2v) is 15.8. The molecular formula is C53H39N3O2. The first-order valence-electron chi connectivity index (χ1n) is 20.3. The highest BCUT2D eigenvalue weighted by molar-refractivity contribution is 6.16. The van der Waals surface area contributed by atoms with Crippen molar-refractivity contribution in [3.05, 3.63) is 204 Å². The second kappa shape index (κ2) is 13.3. The first kappa shape index (κ1) is 33.2. The second-order valence-electron chi connectivity index (χ2n) is 15.8. The molecule has 2 aliphatic carbocycles. The van der Waals surface area contributed by atoms with E-state index in [1.165, 1.54) is 33.2 Å². The number of benzene rings is 7. The molecule has 7 aromatic carbocycles. The van der Waals surface area contributed by atoms with Crippen molar-refractivity contribution < 1.29 is 8.83 Å². The summed E-state index contributed by atoms with van der Waals surface area (Å²) in [4.78, 5) is 5.23. The zero-order chi connectivity index (χ0) is 38.2. The number of hydrogen-bond acceptors (Lipinski definition) is 5. The van der Waals surface area contributed by atoms with Crippen LogP contribution in [0, 0.1) is 5.92 Å². The molecule has 0 fully saturated rings. The van der Waals surface area contributed by atoms with Gasteiger partial charge in [0.05, 0.1) is 0 Å². The van der Waals surface area contributed by atoms with E-state index in [9.17, 15) is 0 Å². The molecule has 0 spiro atoms. The lowest BCUT2D eigenvalue weighted by Crippen LogP contribution is -2.50. The van der Waals surface area contributed by atoms with Gasteiger partial charge in [0.15, 0.2) is 0 Å². The zero-order valence-electron chi connectivity index (χ0n) is 31.7. The molecule has 0 saturated carbocycles. The molecule has 5 heteroatoms. The van der Waals surface area contributed by atoms with Crippen LogP contribution in [0.4, 0.5) is 0 Å². The SMILES string of the molecule is C1=CCC(C2N=C(c3ccccc3)NC(c3cccc4oc5ccc(-c6cccc7oc8cccc(C9Cc%10ccccc%10-c%10ccccc%109)c8c67)cc5c34)N2)C=C1. The first-order chi connectivity index (χ1) is 28.7. The van der Waals surface area contributed by atoms with Crippen LogP contribution in [0.5, 0.6) is 0 Å². The molecule has 4 unspecified atom stereocenters. The Morgan fingerprint density at radius 2 is 1.24 bits per heavy atom. The predicted molar refractivity (Wildman–Crippen MR) is 236 cm³/mol. The highest BCUT2D eigenvalue weighted by Crippen LogP contribution is 2.48. The lowest BCUT2D eigenvalue weighted by atomic mass is 9.75. The molecule has 1 aliphatic heterocycles. The van der Waals surface area contributed by atoms with Crippen LogP contribution in [0.1, 0.15) is 46.3 Å². The zero-order valence-corrected chi connectivity index (χ0v) is 31.7. The minimum Gasteiger partial charge on any atom is -0.456 e. The van der Waals surface area contributed by atoms with E-state index in [-0.39, 0.29) is 24.2 Å². The number of rotatable bonds is 5. The summed E-state index contributed by atoms with van der Waals surface area (Å²) in [6.45, 7) is 0. The molecule has 9 aromatic rings. The summed E-state index contributed by atoms with van der Waals surface area (Å²) < 4.78 is 13.3. The van der Waals surface area contributed by atoms with E-state index < -0.39 is 0 Å². The Bertz CT molecular complexity index is 3170. The van der Waals surface area contributed by atoms with Gasteiger partial charge in [-0.3, -0.25) is 5.32 Å². The summed E-state index contributed by atoms with van der Waals surface area (Å²) in [7, 11) is 0. The maximum Gasteiger partial charge on any atom is 0.136 e. The number of nitrogens with zero attached hydrogens (tertiary/aromatic N) is 1. The Hall–Kier alpha value is -6.95. The van der Waals surface area contributed by atoms with Crippen molar-refractivity contribution in [2.24, 2.45) is 10.9 Å². The number of allylic oxidation sites excluding steroid dienone is 3. The van der Waals surface area contributed by atoms with E-state index >= 15 is 0 Å². The van der Waals surface area contributed by atoms with Gasteiger partial charge in [0, 0.05) is 44.5 Å². The van der Waals surface area contributed by atoms with Crippen LogP contribution >= 0.6 is 0 Å². The molecule has 58 heavy (non-hydrogen) atoms. The van der Waals surface area contributed by atoms with Crippen molar-refractivity contribution in [2.75, 3.05) is 0 Å². The average molecular weight is 750 g/mol. The maximum atomic E-state index is 6.70. The van der Waals surface area contributed by atoms with E-state index in [1.807, 2.05) is 6.07 Å². The molecule has 3 heterocycles. The largest absolute Gasteiger partial charge is 0.456 e. The van der Waals surface area contributed by atoms with Gasteiger partial charge in [-0.1, -0.05) is 146 Å². The van der Waals surface area contributed by atoms with Gasteiger partial charge in [-0.25, -0.2) is 4.99 Å². The van der Waals surface area contributed by atoms with Crippen molar-refractivity contribution in [1.29, 1.82) is 0 Å². The molecule has 0 saturated heterocycles. The number of aliphatic imine (C=N–C) groups is 1. The minimum absolute atomic E-state index is 0.0996. The van der Waals surface area contributed by atoms with Gasteiger partial charge < -0.3 is 14.2 Å². The van der Waals surface area contributed by atoms with E-state index in [4.69, 9.17) is 13.8 Å². The van der Waals surface area contributed by atoms with E-state index in [1.54, 1.807) is 0 Å². The van der Waals surface area contributed by atoms with Gasteiger partial charge in [-0.15, -0.1) is 0 Å². The fourth-order valence-corrected chi connectivity index (χ4v) is 9.84. The summed E-state index contributed by atoms with van der Waals surface area (Å²) in [5, 5.41) is 12.2. The van der Waals surface area contributed by atoms with Crippen LogP contribution in [0.15, 0.2) is 190 Å². The van der Waals surface area contributed by atoms with Crippen LogP contribution in [-0.2, 0) is 6.42 Å². The molecule has 12 rings (SSSR count). The molecule has 2 N–H and O–H groups in total. The molecular weight excluding hydrogens is 711 g/mol. The third kappa shape index (κ3) is 5.31. The summed E-state index contributed by atoms with van der Waals surface area (Å²) in [6, 6.07) is 54.3. The predicted octanol–water partition coefficient (Wildman–Crippen LogP) is 12.6. The molecule has 278 valence electrons. The first-order valence-corrected chi connectivity index (χ1v) is 20.3. The minimum atomic E-state index is -0.197. The summed E-state index contributed by atoms with van der Waals surface area (Å²) in [6.07, 6.45) is 10.3. The van der Waals surface area contributed by atoms with Crippen LogP contribution in [0.2, 0.25) is 0 Å². The van der Waals surface area contributed by atoms with Crippen LogP contribution < -0.4 is 10.6 Å². The smallest absolute Gasteiger partial charge is 0.136 e. The average Bonchev–Trinajstić information content (AvgIpc) is 3.88. The van der Waals surface area contributed by atoms with Crippen molar-refractivity contribution in [3.8, 4) is 22.3 Å². The third-order valence-electron chi connectivity index (χ3n) is 12.5.